The van der Waals surface area contributed by atoms with Gasteiger partial charge in [-0.3, -0.25) is 19.2 Å². The predicted octanol–water partition coefficient (Wildman–Crippen LogP) is -0.257. The molecule has 0 spiro atoms. The topological polar surface area (TPSA) is 125 Å². The molecular weight excluding hydrogens is 364 g/mol. The van der Waals surface area contributed by atoms with Gasteiger partial charge >= 0.3 is 5.97 Å². The molecule has 1 fully saturated rings. The number of fused-ring (bicyclic) bond motifs is 1. The second-order valence-electron chi connectivity index (χ2n) is 6.84. The zero-order chi connectivity index (χ0) is 20.3. The summed E-state index contributed by atoms with van der Waals surface area (Å²) >= 11 is 0. The van der Waals surface area contributed by atoms with Crippen molar-refractivity contribution in [2.75, 3.05) is 19.7 Å². The molecular formula is C19H22N4O5. The highest BCUT2D eigenvalue weighted by atomic mass is 16.5. The van der Waals surface area contributed by atoms with Gasteiger partial charge in [0.1, 0.15) is 0 Å². The van der Waals surface area contributed by atoms with E-state index in [4.69, 9.17) is 10.5 Å². The molecule has 1 aromatic carbocycles. The number of aromatic nitrogens is 2. The second-order valence-corrected chi connectivity index (χ2v) is 6.84. The minimum atomic E-state index is -0.617. The van der Waals surface area contributed by atoms with Gasteiger partial charge in [0, 0.05) is 25.5 Å². The summed E-state index contributed by atoms with van der Waals surface area (Å²) in [6.07, 6.45) is 1.18. The van der Waals surface area contributed by atoms with E-state index < -0.39 is 18.5 Å². The molecule has 1 aliphatic rings. The van der Waals surface area contributed by atoms with Crippen LogP contribution < -0.4 is 11.3 Å². The number of hydrogen-bond donors (Lipinski definition) is 1. The Bertz CT molecular complexity index is 984. The predicted molar refractivity (Wildman–Crippen MR) is 100 cm³/mol. The molecule has 148 valence electrons. The smallest absolute Gasteiger partial charge is 0.312 e. The summed E-state index contributed by atoms with van der Waals surface area (Å²) in [5, 5.41) is 5.18. The van der Waals surface area contributed by atoms with Gasteiger partial charge < -0.3 is 15.4 Å². The number of esters is 1. The lowest BCUT2D eigenvalue weighted by Gasteiger charge is -2.31. The molecule has 0 radical (unpaired) electrons. The molecule has 2 heterocycles. The van der Waals surface area contributed by atoms with Crippen molar-refractivity contribution in [3.05, 3.63) is 40.3 Å². The van der Waals surface area contributed by atoms with Gasteiger partial charge in [0.25, 0.3) is 11.5 Å². The number of primary amides is 1. The highest BCUT2D eigenvalue weighted by Crippen LogP contribution is 2.17. The highest BCUT2D eigenvalue weighted by molar-refractivity contribution is 5.88. The van der Waals surface area contributed by atoms with E-state index >= 15 is 0 Å². The third kappa shape index (κ3) is 4.19. The molecule has 1 aliphatic heterocycles. The van der Waals surface area contributed by atoms with Gasteiger partial charge in [0.2, 0.25) is 5.91 Å². The third-order valence-electron chi connectivity index (χ3n) is 4.88. The Labute approximate surface area is 161 Å². The average molecular weight is 386 g/mol. The number of hydrogen-bond acceptors (Lipinski definition) is 6. The van der Waals surface area contributed by atoms with E-state index in [1.165, 1.54) is 16.6 Å². The SMILES string of the molecule is Cn1nc(CC(=O)OCC(=O)N2CCC[C@@H](C(N)=O)C2)c2ccccc2c1=O. The number of rotatable bonds is 5. The van der Waals surface area contributed by atoms with E-state index in [0.717, 1.165) is 0 Å². The fourth-order valence-electron chi connectivity index (χ4n) is 3.36. The maximum Gasteiger partial charge on any atom is 0.312 e. The number of carbonyl (C=O) groups is 3. The van der Waals surface area contributed by atoms with Crippen molar-refractivity contribution in [3.8, 4) is 0 Å². The lowest BCUT2D eigenvalue weighted by atomic mass is 9.97. The van der Waals surface area contributed by atoms with Crippen LogP contribution in [-0.4, -0.2) is 52.2 Å². The molecule has 2 amide bonds. The molecule has 1 saturated heterocycles. The molecule has 0 aliphatic carbocycles. The Morgan fingerprint density at radius 1 is 1.25 bits per heavy atom. The molecule has 0 bridgehead atoms. The summed E-state index contributed by atoms with van der Waals surface area (Å²) in [6.45, 7) is 0.347. The van der Waals surface area contributed by atoms with Crippen LogP contribution in [0.3, 0.4) is 0 Å². The Morgan fingerprint density at radius 2 is 1.96 bits per heavy atom. The van der Waals surface area contributed by atoms with Gasteiger partial charge in [0.15, 0.2) is 6.61 Å². The normalized spacial score (nSPS) is 16.8. The Morgan fingerprint density at radius 3 is 2.68 bits per heavy atom. The largest absolute Gasteiger partial charge is 0.455 e. The summed E-state index contributed by atoms with van der Waals surface area (Å²) in [6, 6.07) is 6.88. The average Bonchev–Trinajstić information content (AvgIpc) is 2.70. The van der Waals surface area contributed by atoms with Crippen LogP contribution in [0.5, 0.6) is 0 Å². The fourth-order valence-corrected chi connectivity index (χ4v) is 3.36. The van der Waals surface area contributed by atoms with Crippen LogP contribution in [0.4, 0.5) is 0 Å². The van der Waals surface area contributed by atoms with Gasteiger partial charge in [0.05, 0.1) is 23.4 Å². The Balaban J connectivity index is 1.63. The second kappa shape index (κ2) is 8.20. The molecule has 2 aromatic rings. The maximum absolute atomic E-state index is 12.3. The van der Waals surface area contributed by atoms with Crippen molar-refractivity contribution < 1.29 is 19.1 Å². The number of piperidine rings is 1. The van der Waals surface area contributed by atoms with Gasteiger partial charge in [-0.15, -0.1) is 0 Å². The minimum Gasteiger partial charge on any atom is -0.455 e. The number of aryl methyl sites for hydroxylation is 1. The van der Waals surface area contributed by atoms with E-state index in [2.05, 4.69) is 5.10 Å². The van der Waals surface area contributed by atoms with Crippen LogP contribution in [0.25, 0.3) is 10.8 Å². The molecule has 0 saturated carbocycles. The van der Waals surface area contributed by atoms with Crippen LogP contribution in [0.15, 0.2) is 29.1 Å². The zero-order valence-corrected chi connectivity index (χ0v) is 15.6. The van der Waals surface area contributed by atoms with E-state index in [1.54, 1.807) is 24.3 Å². The van der Waals surface area contributed by atoms with E-state index in [-0.39, 0.29) is 30.3 Å². The number of benzene rings is 1. The van der Waals surface area contributed by atoms with Crippen molar-refractivity contribution in [2.24, 2.45) is 18.7 Å². The zero-order valence-electron chi connectivity index (χ0n) is 15.6. The van der Waals surface area contributed by atoms with Crippen molar-refractivity contribution in [2.45, 2.75) is 19.3 Å². The molecule has 9 heteroatoms. The van der Waals surface area contributed by atoms with Gasteiger partial charge in [-0.05, 0) is 18.9 Å². The Kier molecular flexibility index (Phi) is 5.72. The van der Waals surface area contributed by atoms with Crippen LogP contribution in [0, 0.1) is 5.92 Å². The number of ether oxygens (including phenoxy) is 1. The van der Waals surface area contributed by atoms with Crippen LogP contribution in [-0.2, 0) is 32.6 Å². The van der Waals surface area contributed by atoms with E-state index in [0.29, 0.717) is 35.9 Å². The number of amides is 2. The number of nitrogens with zero attached hydrogens (tertiary/aromatic N) is 3. The summed E-state index contributed by atoms with van der Waals surface area (Å²) in [7, 11) is 1.51. The standard InChI is InChI=1S/C19H22N4O5/c1-22-19(27)14-7-3-2-6-13(14)15(21-22)9-17(25)28-11-16(24)23-8-4-5-12(10-23)18(20)26/h2-3,6-7,12H,4-5,8-11H2,1H3,(H2,20,26)/t12-/m1/s1. The maximum atomic E-state index is 12.3. The van der Waals surface area contributed by atoms with Crippen molar-refractivity contribution in [1.82, 2.24) is 14.7 Å². The van der Waals surface area contributed by atoms with Crippen LogP contribution >= 0.6 is 0 Å². The van der Waals surface area contributed by atoms with Gasteiger partial charge in [-0.1, -0.05) is 18.2 Å². The first-order valence-corrected chi connectivity index (χ1v) is 9.04. The lowest BCUT2D eigenvalue weighted by Crippen LogP contribution is -2.45. The molecule has 1 aromatic heterocycles. The summed E-state index contributed by atoms with van der Waals surface area (Å²) in [5.41, 5.74) is 5.46. The molecule has 1 atom stereocenters. The lowest BCUT2D eigenvalue weighted by molar-refractivity contribution is -0.152. The van der Waals surface area contributed by atoms with Crippen molar-refractivity contribution >= 4 is 28.6 Å². The highest BCUT2D eigenvalue weighted by Gasteiger charge is 2.27. The summed E-state index contributed by atoms with van der Waals surface area (Å²) < 4.78 is 6.28. The first-order chi connectivity index (χ1) is 13.4. The van der Waals surface area contributed by atoms with E-state index in [9.17, 15) is 19.2 Å². The summed E-state index contributed by atoms with van der Waals surface area (Å²) in [5.74, 6) is -1.78. The van der Waals surface area contributed by atoms with Crippen molar-refractivity contribution in [3.63, 3.8) is 0 Å². The van der Waals surface area contributed by atoms with Crippen LogP contribution in [0.1, 0.15) is 18.5 Å². The first-order valence-electron chi connectivity index (χ1n) is 9.04. The molecule has 0 unspecified atom stereocenters. The molecule has 28 heavy (non-hydrogen) atoms. The minimum absolute atomic E-state index is 0.161. The monoisotopic (exact) mass is 386 g/mol. The third-order valence-corrected chi connectivity index (χ3v) is 4.88. The summed E-state index contributed by atoms with van der Waals surface area (Å²) in [4.78, 5) is 49.4. The number of carbonyl (C=O) groups excluding carboxylic acids is 3. The Hall–Kier alpha value is -3.23. The first kappa shape index (κ1) is 19.5. The quantitative estimate of drug-likeness (QED) is 0.706. The number of likely N-dealkylation sites (tertiary alicyclic amines) is 1. The van der Waals surface area contributed by atoms with Gasteiger partial charge in [-0.25, -0.2) is 4.68 Å². The van der Waals surface area contributed by atoms with Crippen molar-refractivity contribution in [1.29, 1.82) is 0 Å². The number of nitrogens with two attached hydrogens (primary N) is 1. The molecule has 3 rings (SSSR count). The van der Waals surface area contributed by atoms with E-state index in [1.807, 2.05) is 0 Å². The molecule has 9 nitrogen and oxygen atoms in total. The van der Waals surface area contributed by atoms with Gasteiger partial charge in [-0.2, -0.15) is 5.10 Å². The molecule has 2 N–H and O–H groups in total. The fraction of sp³-hybridized carbons (Fsp3) is 0.421. The van der Waals surface area contributed by atoms with Crippen LogP contribution in [0.2, 0.25) is 0 Å².